The van der Waals surface area contributed by atoms with Gasteiger partial charge in [0, 0.05) is 31.1 Å². The maximum atomic E-state index is 12.6. The average Bonchev–Trinajstić information content (AvgIpc) is 3.09. The molecule has 2 fully saturated rings. The highest BCUT2D eigenvalue weighted by Crippen LogP contribution is 2.30. The van der Waals surface area contributed by atoms with Crippen molar-refractivity contribution >= 4 is 39.1 Å². The highest BCUT2D eigenvalue weighted by molar-refractivity contribution is 7.22. The quantitative estimate of drug-likeness (QED) is 0.880. The fraction of sp³-hybridized carbons (Fsp3) is 0.500. The summed E-state index contributed by atoms with van der Waals surface area (Å²) in [7, 11) is 0. The number of nitrogens with one attached hydrogen (secondary N) is 1. The van der Waals surface area contributed by atoms with Gasteiger partial charge in [0.05, 0.1) is 4.34 Å². The van der Waals surface area contributed by atoms with Gasteiger partial charge >= 0.3 is 0 Å². The number of H-pyrrole nitrogens is 1. The number of aromatic amines is 1. The van der Waals surface area contributed by atoms with Crippen LogP contribution in [0.15, 0.2) is 12.1 Å². The third-order valence-corrected chi connectivity index (χ3v) is 5.58. The molecule has 0 bridgehead atoms. The van der Waals surface area contributed by atoms with Crippen molar-refractivity contribution in [2.75, 3.05) is 26.2 Å². The van der Waals surface area contributed by atoms with Crippen LogP contribution in [0.1, 0.15) is 23.3 Å². The number of hydrogen-bond donors (Lipinski definition) is 1. The van der Waals surface area contributed by atoms with Crippen LogP contribution in [0.4, 0.5) is 0 Å². The minimum Gasteiger partial charge on any atom is -0.342 e. The fourth-order valence-corrected chi connectivity index (χ4v) is 4.48. The Hall–Kier alpha value is -1.04. The highest BCUT2D eigenvalue weighted by atomic mass is 35.5. The van der Waals surface area contributed by atoms with Gasteiger partial charge < -0.3 is 9.88 Å². The SMILES string of the molecule is O=C(c1cc2cc(Cl)sc2[nH]1)N1CCN2CCCC2C1. The molecule has 2 aliphatic heterocycles. The second-order valence-corrected chi connectivity index (χ2v) is 7.28. The summed E-state index contributed by atoms with van der Waals surface area (Å²) in [6, 6.07) is 4.39. The molecule has 106 valence electrons. The van der Waals surface area contributed by atoms with Crippen molar-refractivity contribution in [3.63, 3.8) is 0 Å². The molecule has 2 aromatic heterocycles. The van der Waals surface area contributed by atoms with Gasteiger partial charge in [0.1, 0.15) is 10.5 Å². The monoisotopic (exact) mass is 309 g/mol. The lowest BCUT2D eigenvalue weighted by molar-refractivity contribution is 0.0566. The van der Waals surface area contributed by atoms with Crippen LogP contribution in [0.25, 0.3) is 10.2 Å². The first kappa shape index (κ1) is 12.7. The molecule has 1 atom stereocenters. The van der Waals surface area contributed by atoms with E-state index in [1.54, 1.807) is 0 Å². The van der Waals surface area contributed by atoms with E-state index in [0.717, 1.165) is 34.2 Å². The number of thiophene rings is 1. The van der Waals surface area contributed by atoms with Crippen molar-refractivity contribution in [2.45, 2.75) is 18.9 Å². The zero-order valence-corrected chi connectivity index (χ0v) is 12.6. The smallest absolute Gasteiger partial charge is 0.270 e. The van der Waals surface area contributed by atoms with Gasteiger partial charge in [0.2, 0.25) is 0 Å². The summed E-state index contributed by atoms with van der Waals surface area (Å²) < 4.78 is 0.754. The highest BCUT2D eigenvalue weighted by Gasteiger charge is 2.33. The maximum absolute atomic E-state index is 12.6. The standard InChI is InChI=1S/C14H16ClN3OS/c15-12-7-9-6-11(16-13(9)20-12)14(19)18-5-4-17-3-1-2-10(17)8-18/h6-7,10,16H,1-5,8H2. The van der Waals surface area contributed by atoms with Gasteiger partial charge in [0.25, 0.3) is 5.91 Å². The summed E-state index contributed by atoms with van der Waals surface area (Å²) in [4.78, 5) is 21.3. The molecule has 0 spiro atoms. The zero-order chi connectivity index (χ0) is 13.7. The molecular weight excluding hydrogens is 294 g/mol. The number of carbonyl (C=O) groups is 1. The predicted molar refractivity (Wildman–Crippen MR) is 81.7 cm³/mol. The Kier molecular flexibility index (Phi) is 3.02. The van der Waals surface area contributed by atoms with E-state index in [0.29, 0.717) is 11.7 Å². The lowest BCUT2D eigenvalue weighted by Gasteiger charge is -2.37. The van der Waals surface area contributed by atoms with Gasteiger partial charge in [0.15, 0.2) is 0 Å². The topological polar surface area (TPSA) is 39.3 Å². The Morgan fingerprint density at radius 3 is 3.10 bits per heavy atom. The first-order valence-electron chi connectivity index (χ1n) is 7.02. The number of rotatable bonds is 1. The lowest BCUT2D eigenvalue weighted by atomic mass is 10.1. The Morgan fingerprint density at radius 2 is 2.25 bits per heavy atom. The van der Waals surface area contributed by atoms with E-state index in [4.69, 9.17) is 11.6 Å². The summed E-state index contributed by atoms with van der Waals surface area (Å²) in [6.07, 6.45) is 2.49. The molecule has 0 saturated carbocycles. The molecule has 0 aliphatic carbocycles. The first-order valence-corrected chi connectivity index (χ1v) is 8.21. The maximum Gasteiger partial charge on any atom is 0.270 e. The Bertz CT molecular complexity index is 633. The number of carbonyl (C=O) groups excluding carboxylic acids is 1. The van der Waals surface area contributed by atoms with Crippen LogP contribution in [0.3, 0.4) is 0 Å². The first-order chi connectivity index (χ1) is 9.70. The molecule has 2 saturated heterocycles. The van der Waals surface area contributed by atoms with Crippen molar-refractivity contribution in [1.82, 2.24) is 14.8 Å². The van der Waals surface area contributed by atoms with Crippen molar-refractivity contribution in [3.8, 4) is 0 Å². The average molecular weight is 310 g/mol. The van der Waals surface area contributed by atoms with Crippen molar-refractivity contribution in [1.29, 1.82) is 0 Å². The Balaban J connectivity index is 1.55. The van der Waals surface area contributed by atoms with E-state index < -0.39 is 0 Å². The molecule has 2 aromatic rings. The molecule has 6 heteroatoms. The molecule has 0 aromatic carbocycles. The summed E-state index contributed by atoms with van der Waals surface area (Å²) >= 11 is 7.45. The fourth-order valence-electron chi connectivity index (χ4n) is 3.35. The molecule has 1 amide bonds. The number of nitrogens with zero attached hydrogens (tertiary/aromatic N) is 2. The second-order valence-electron chi connectivity index (χ2n) is 5.60. The minimum atomic E-state index is 0.121. The van der Waals surface area contributed by atoms with Crippen LogP contribution in [0.5, 0.6) is 0 Å². The van der Waals surface area contributed by atoms with E-state index in [1.807, 2.05) is 17.0 Å². The number of fused-ring (bicyclic) bond motifs is 2. The largest absolute Gasteiger partial charge is 0.342 e. The molecule has 4 heterocycles. The number of piperazine rings is 1. The number of hydrogen-bond acceptors (Lipinski definition) is 3. The third kappa shape index (κ3) is 2.05. The van der Waals surface area contributed by atoms with Crippen molar-refractivity contribution in [3.05, 3.63) is 22.2 Å². The van der Waals surface area contributed by atoms with Crippen LogP contribution in [-0.4, -0.2) is 52.9 Å². The Labute approximate surface area is 126 Å². The molecule has 4 rings (SSSR count). The van der Waals surface area contributed by atoms with E-state index in [-0.39, 0.29) is 5.91 Å². The zero-order valence-electron chi connectivity index (χ0n) is 11.1. The lowest BCUT2D eigenvalue weighted by Crippen LogP contribution is -2.52. The van der Waals surface area contributed by atoms with Crippen LogP contribution in [-0.2, 0) is 0 Å². The van der Waals surface area contributed by atoms with Gasteiger partial charge in [-0.15, -0.1) is 11.3 Å². The van der Waals surface area contributed by atoms with E-state index in [1.165, 1.54) is 30.7 Å². The van der Waals surface area contributed by atoms with Crippen LogP contribution >= 0.6 is 22.9 Å². The van der Waals surface area contributed by atoms with E-state index >= 15 is 0 Å². The minimum absolute atomic E-state index is 0.121. The molecular formula is C14H16ClN3OS. The van der Waals surface area contributed by atoms with Crippen LogP contribution < -0.4 is 0 Å². The predicted octanol–water partition coefficient (Wildman–Crippen LogP) is 2.80. The van der Waals surface area contributed by atoms with Gasteiger partial charge in [-0.2, -0.15) is 0 Å². The van der Waals surface area contributed by atoms with Crippen molar-refractivity contribution < 1.29 is 4.79 Å². The van der Waals surface area contributed by atoms with E-state index in [9.17, 15) is 4.79 Å². The molecule has 20 heavy (non-hydrogen) atoms. The third-order valence-electron chi connectivity index (χ3n) is 4.38. The molecule has 2 aliphatic rings. The van der Waals surface area contributed by atoms with Gasteiger partial charge in [-0.05, 0) is 31.5 Å². The summed E-state index contributed by atoms with van der Waals surface area (Å²) in [6.45, 7) is 3.91. The van der Waals surface area contributed by atoms with Crippen LogP contribution in [0.2, 0.25) is 4.34 Å². The molecule has 1 N–H and O–H groups in total. The van der Waals surface area contributed by atoms with Crippen LogP contribution in [0, 0.1) is 0 Å². The number of amides is 1. The summed E-state index contributed by atoms with van der Waals surface area (Å²) in [5.74, 6) is 0.121. The van der Waals surface area contributed by atoms with Gasteiger partial charge in [-0.25, -0.2) is 0 Å². The number of aromatic nitrogens is 1. The normalized spacial score (nSPS) is 23.4. The molecule has 1 unspecified atom stereocenters. The second kappa shape index (κ2) is 4.76. The molecule has 4 nitrogen and oxygen atoms in total. The summed E-state index contributed by atoms with van der Waals surface area (Å²) in [5.41, 5.74) is 0.689. The number of halogens is 1. The van der Waals surface area contributed by atoms with Crippen molar-refractivity contribution in [2.24, 2.45) is 0 Å². The Morgan fingerprint density at radius 1 is 1.35 bits per heavy atom. The summed E-state index contributed by atoms with van der Waals surface area (Å²) in [5, 5.41) is 1.03. The molecule has 0 radical (unpaired) electrons. The van der Waals surface area contributed by atoms with Gasteiger partial charge in [-0.1, -0.05) is 11.6 Å². The van der Waals surface area contributed by atoms with Gasteiger partial charge in [-0.3, -0.25) is 9.69 Å². The van der Waals surface area contributed by atoms with E-state index in [2.05, 4.69) is 9.88 Å².